The van der Waals surface area contributed by atoms with Gasteiger partial charge in [0.05, 0.1) is 20.3 Å². The number of aromatic nitrogens is 2. The van der Waals surface area contributed by atoms with E-state index in [1.54, 1.807) is 18.2 Å². The van der Waals surface area contributed by atoms with Gasteiger partial charge < -0.3 is 24.4 Å². The predicted octanol–water partition coefficient (Wildman–Crippen LogP) is 0.294. The van der Waals surface area contributed by atoms with Crippen LogP contribution < -0.4 is 14.8 Å². The lowest BCUT2D eigenvalue weighted by Gasteiger charge is -2.17. The van der Waals surface area contributed by atoms with Gasteiger partial charge in [-0.25, -0.2) is 14.8 Å². The molecule has 2 rings (SSSR count). The molecule has 0 spiro atoms. The fourth-order valence-electron chi connectivity index (χ4n) is 2.07. The molecule has 1 aliphatic heterocycles. The Kier molecular flexibility index (Phi) is 5.56. The van der Waals surface area contributed by atoms with Gasteiger partial charge in [0, 0.05) is 39.0 Å². The van der Waals surface area contributed by atoms with E-state index in [0.717, 1.165) is 6.42 Å². The highest BCUT2D eigenvalue weighted by Crippen LogP contribution is 2.23. The number of nitrogens with zero attached hydrogens (tertiary/aromatic N) is 3. The molecule has 1 aromatic rings. The second-order valence-corrected chi connectivity index (χ2v) is 4.57. The van der Waals surface area contributed by atoms with Gasteiger partial charge in [-0.2, -0.15) is 0 Å². The molecule has 8 heteroatoms. The van der Waals surface area contributed by atoms with Crippen LogP contribution in [-0.2, 0) is 4.74 Å². The van der Waals surface area contributed by atoms with Gasteiger partial charge in [0.25, 0.3) is 11.8 Å². The summed E-state index contributed by atoms with van der Waals surface area (Å²) in [4.78, 5) is 21.7. The van der Waals surface area contributed by atoms with Crippen molar-refractivity contribution in [2.45, 2.75) is 12.5 Å². The quantitative estimate of drug-likeness (QED) is 0.760. The van der Waals surface area contributed by atoms with Crippen molar-refractivity contribution >= 4 is 6.03 Å². The number of hydrogen-bond donors (Lipinski definition) is 1. The van der Waals surface area contributed by atoms with Crippen LogP contribution in [0.4, 0.5) is 4.79 Å². The van der Waals surface area contributed by atoms with E-state index in [2.05, 4.69) is 15.3 Å². The third kappa shape index (κ3) is 4.19. The maximum atomic E-state index is 11.9. The average molecular weight is 296 g/mol. The molecule has 1 N–H and O–H groups in total. The standard InChI is InChI=1S/C13H20N4O4/c1-19-8-6-16-13(18)17-7-3-10(9-17)21-12-11(20-2)14-4-5-15-12/h4-5,10H,3,6-9H2,1-2H3,(H,16,18). The minimum absolute atomic E-state index is 0.107. The van der Waals surface area contributed by atoms with Gasteiger partial charge in [-0.3, -0.25) is 0 Å². The Morgan fingerprint density at radius 3 is 2.86 bits per heavy atom. The van der Waals surface area contributed by atoms with Gasteiger partial charge >= 0.3 is 6.03 Å². The van der Waals surface area contributed by atoms with Gasteiger partial charge in [0.15, 0.2) is 0 Å². The maximum Gasteiger partial charge on any atom is 0.317 e. The zero-order chi connectivity index (χ0) is 15.1. The number of amides is 2. The summed E-state index contributed by atoms with van der Waals surface area (Å²) in [7, 11) is 3.11. The second-order valence-electron chi connectivity index (χ2n) is 4.57. The third-order valence-electron chi connectivity index (χ3n) is 3.12. The number of hydrogen-bond acceptors (Lipinski definition) is 6. The highest BCUT2D eigenvalue weighted by atomic mass is 16.5. The van der Waals surface area contributed by atoms with Crippen molar-refractivity contribution in [2.75, 3.05) is 40.5 Å². The van der Waals surface area contributed by atoms with E-state index < -0.39 is 0 Å². The minimum Gasteiger partial charge on any atom is -0.477 e. The molecule has 0 bridgehead atoms. The van der Waals surface area contributed by atoms with E-state index in [0.29, 0.717) is 38.0 Å². The lowest BCUT2D eigenvalue weighted by Crippen LogP contribution is -2.40. The summed E-state index contributed by atoms with van der Waals surface area (Å²) < 4.78 is 15.7. The Hall–Kier alpha value is -2.09. The Morgan fingerprint density at radius 1 is 1.38 bits per heavy atom. The molecule has 1 aliphatic rings. The summed E-state index contributed by atoms with van der Waals surface area (Å²) in [6, 6.07) is -0.107. The fraction of sp³-hybridized carbons (Fsp3) is 0.615. The Labute approximate surface area is 123 Å². The number of ether oxygens (including phenoxy) is 3. The van der Waals surface area contributed by atoms with Crippen LogP contribution in [0.1, 0.15) is 6.42 Å². The zero-order valence-corrected chi connectivity index (χ0v) is 12.2. The minimum atomic E-state index is -0.108. The van der Waals surface area contributed by atoms with E-state index in [1.807, 2.05) is 0 Å². The summed E-state index contributed by atoms with van der Waals surface area (Å²) in [6.07, 6.45) is 3.72. The van der Waals surface area contributed by atoms with Crippen LogP contribution in [0.5, 0.6) is 11.8 Å². The first-order valence-corrected chi connectivity index (χ1v) is 6.78. The SMILES string of the molecule is COCCNC(=O)N1CCC(Oc2nccnc2OC)C1. The van der Waals surface area contributed by atoms with Crippen molar-refractivity contribution < 1.29 is 19.0 Å². The molecule has 0 aliphatic carbocycles. The van der Waals surface area contributed by atoms with Gasteiger partial charge in [0.1, 0.15) is 6.10 Å². The van der Waals surface area contributed by atoms with E-state index >= 15 is 0 Å². The topological polar surface area (TPSA) is 85.8 Å². The molecular formula is C13H20N4O4. The molecule has 2 amide bonds. The van der Waals surface area contributed by atoms with Crippen LogP contribution in [-0.4, -0.2) is 67.5 Å². The number of carbonyl (C=O) groups excluding carboxylic acids is 1. The van der Waals surface area contributed by atoms with Crippen molar-refractivity contribution in [3.8, 4) is 11.8 Å². The lowest BCUT2D eigenvalue weighted by atomic mass is 10.3. The molecule has 21 heavy (non-hydrogen) atoms. The monoisotopic (exact) mass is 296 g/mol. The molecule has 2 heterocycles. The maximum absolute atomic E-state index is 11.9. The van der Waals surface area contributed by atoms with Crippen LogP contribution >= 0.6 is 0 Å². The summed E-state index contributed by atoms with van der Waals surface area (Å²) in [5, 5.41) is 2.79. The molecule has 0 radical (unpaired) electrons. The largest absolute Gasteiger partial charge is 0.477 e. The summed E-state index contributed by atoms with van der Waals surface area (Å²) >= 11 is 0. The van der Waals surface area contributed by atoms with Gasteiger partial charge in [0.2, 0.25) is 0 Å². The predicted molar refractivity (Wildman–Crippen MR) is 74.5 cm³/mol. The number of urea groups is 1. The zero-order valence-electron chi connectivity index (χ0n) is 12.2. The van der Waals surface area contributed by atoms with Crippen LogP contribution in [0.15, 0.2) is 12.4 Å². The summed E-state index contributed by atoms with van der Waals surface area (Å²) in [6.45, 7) is 2.15. The first-order valence-electron chi connectivity index (χ1n) is 6.78. The number of nitrogens with one attached hydrogen (secondary N) is 1. The Morgan fingerprint density at radius 2 is 2.14 bits per heavy atom. The van der Waals surface area contributed by atoms with Crippen molar-refractivity contribution in [1.82, 2.24) is 20.2 Å². The van der Waals surface area contributed by atoms with Crippen molar-refractivity contribution in [1.29, 1.82) is 0 Å². The first-order chi connectivity index (χ1) is 10.2. The molecule has 1 saturated heterocycles. The fourth-order valence-corrected chi connectivity index (χ4v) is 2.07. The number of methoxy groups -OCH3 is 2. The summed E-state index contributed by atoms with van der Waals surface area (Å²) in [5.74, 6) is 0.701. The number of rotatable bonds is 6. The van der Waals surface area contributed by atoms with Gasteiger partial charge in [-0.05, 0) is 0 Å². The second kappa shape index (κ2) is 7.63. The van der Waals surface area contributed by atoms with Gasteiger partial charge in [-0.15, -0.1) is 0 Å². The highest BCUT2D eigenvalue weighted by molar-refractivity contribution is 5.74. The molecule has 0 aromatic carbocycles. The third-order valence-corrected chi connectivity index (χ3v) is 3.12. The molecule has 8 nitrogen and oxygen atoms in total. The Bertz CT molecular complexity index is 471. The molecular weight excluding hydrogens is 276 g/mol. The molecule has 1 aromatic heterocycles. The van der Waals surface area contributed by atoms with Gasteiger partial charge in [-0.1, -0.05) is 0 Å². The van der Waals surface area contributed by atoms with E-state index in [4.69, 9.17) is 14.2 Å². The van der Waals surface area contributed by atoms with Crippen molar-refractivity contribution in [3.05, 3.63) is 12.4 Å². The lowest BCUT2D eigenvalue weighted by molar-refractivity contribution is 0.171. The molecule has 1 unspecified atom stereocenters. The molecule has 116 valence electrons. The smallest absolute Gasteiger partial charge is 0.317 e. The van der Waals surface area contributed by atoms with E-state index in [1.165, 1.54) is 13.3 Å². The van der Waals surface area contributed by atoms with Crippen LogP contribution in [0.3, 0.4) is 0 Å². The normalized spacial score (nSPS) is 17.6. The molecule has 0 saturated carbocycles. The van der Waals surface area contributed by atoms with Crippen molar-refractivity contribution in [2.24, 2.45) is 0 Å². The van der Waals surface area contributed by atoms with Crippen LogP contribution in [0.25, 0.3) is 0 Å². The first kappa shape index (κ1) is 15.3. The molecule has 1 atom stereocenters. The number of likely N-dealkylation sites (tertiary alicyclic amines) is 1. The van der Waals surface area contributed by atoms with E-state index in [-0.39, 0.29) is 12.1 Å². The average Bonchev–Trinajstić information content (AvgIpc) is 2.96. The van der Waals surface area contributed by atoms with Crippen molar-refractivity contribution in [3.63, 3.8) is 0 Å². The van der Waals surface area contributed by atoms with Crippen LogP contribution in [0, 0.1) is 0 Å². The number of carbonyl (C=O) groups is 1. The van der Waals surface area contributed by atoms with E-state index in [9.17, 15) is 4.79 Å². The van der Waals surface area contributed by atoms with Crippen LogP contribution in [0.2, 0.25) is 0 Å². The Balaban J connectivity index is 1.83. The molecule has 1 fully saturated rings. The highest BCUT2D eigenvalue weighted by Gasteiger charge is 2.28. The summed E-state index contributed by atoms with van der Waals surface area (Å²) in [5.41, 5.74) is 0.